The van der Waals surface area contributed by atoms with Gasteiger partial charge in [0.05, 0.1) is 16.4 Å². The number of imidazole rings is 1. The molecule has 5 rings (SSSR count). The Kier molecular flexibility index (Phi) is 1.56. The summed E-state index contributed by atoms with van der Waals surface area (Å²) in [7, 11) is 0. The van der Waals surface area contributed by atoms with Gasteiger partial charge >= 0.3 is 12.0 Å². The molecule has 1 aromatic carbocycles. The molecule has 0 atom stereocenters. The Labute approximate surface area is 98.0 Å². The van der Waals surface area contributed by atoms with E-state index in [1.165, 1.54) is 0 Å². The summed E-state index contributed by atoms with van der Waals surface area (Å²) >= 11 is 0. The van der Waals surface area contributed by atoms with Crippen molar-refractivity contribution in [2.24, 2.45) is 11.3 Å². The molecule has 0 radical (unpaired) electrons. The van der Waals surface area contributed by atoms with E-state index in [0.29, 0.717) is 6.01 Å². The molecule has 2 aromatic rings. The Bertz CT molecular complexity index is 567. The van der Waals surface area contributed by atoms with E-state index in [-0.39, 0.29) is 11.4 Å². The van der Waals surface area contributed by atoms with Crippen LogP contribution in [0.15, 0.2) is 24.3 Å². The van der Waals surface area contributed by atoms with Crippen molar-refractivity contribution in [1.82, 2.24) is 9.97 Å². The lowest BCUT2D eigenvalue weighted by atomic mass is 9.44. The largest absolute Gasteiger partial charge is 0.392 e. The van der Waals surface area contributed by atoms with Gasteiger partial charge in [-0.3, -0.25) is 4.79 Å². The monoisotopic (exact) mass is 228 g/mol. The van der Waals surface area contributed by atoms with E-state index < -0.39 is 0 Å². The molecule has 4 nitrogen and oxygen atoms in total. The van der Waals surface area contributed by atoms with Gasteiger partial charge in [0.15, 0.2) is 0 Å². The summed E-state index contributed by atoms with van der Waals surface area (Å²) in [6.45, 7) is 0. The Morgan fingerprint density at radius 2 is 2.12 bits per heavy atom. The number of fused-ring (bicyclic) bond motifs is 1. The van der Waals surface area contributed by atoms with E-state index in [9.17, 15) is 4.79 Å². The standard InChI is InChI=1S/C13H12N2O2/c16-11(13-5-8(6-13)7-13)17-12-14-9-3-1-2-4-10(9)15-12/h1-4,8H,5-7H2,(H,14,15). The average Bonchev–Trinajstić information content (AvgIpc) is 2.54. The zero-order valence-electron chi connectivity index (χ0n) is 9.27. The van der Waals surface area contributed by atoms with Crippen molar-refractivity contribution in [1.29, 1.82) is 0 Å². The number of H-pyrrole nitrogens is 1. The number of carbonyl (C=O) groups is 1. The number of nitrogens with one attached hydrogen (secondary N) is 1. The average molecular weight is 228 g/mol. The van der Waals surface area contributed by atoms with Crippen LogP contribution >= 0.6 is 0 Å². The molecule has 0 aliphatic heterocycles. The summed E-state index contributed by atoms with van der Waals surface area (Å²) in [4.78, 5) is 19.2. The first-order chi connectivity index (χ1) is 8.25. The fourth-order valence-corrected chi connectivity index (χ4v) is 2.90. The normalized spacial score (nSPS) is 29.5. The first kappa shape index (κ1) is 9.22. The topological polar surface area (TPSA) is 55.0 Å². The maximum atomic E-state index is 11.9. The molecule has 17 heavy (non-hydrogen) atoms. The van der Waals surface area contributed by atoms with Crippen LogP contribution in [0.25, 0.3) is 11.0 Å². The Morgan fingerprint density at radius 1 is 1.35 bits per heavy atom. The SMILES string of the molecule is O=C(Oc1nc2ccccc2[nH]1)C12CC(C1)C2. The second-order valence-corrected chi connectivity index (χ2v) is 5.21. The van der Waals surface area contributed by atoms with Crippen LogP contribution in [0.4, 0.5) is 0 Å². The third-order valence-corrected chi connectivity index (χ3v) is 4.03. The zero-order valence-corrected chi connectivity index (χ0v) is 9.27. The van der Waals surface area contributed by atoms with Gasteiger partial charge in [-0.25, -0.2) is 0 Å². The molecule has 0 unspecified atom stereocenters. The number of esters is 1. The molecule has 3 aliphatic carbocycles. The summed E-state index contributed by atoms with van der Waals surface area (Å²) in [6.07, 6.45) is 3.02. The van der Waals surface area contributed by atoms with Crippen LogP contribution in [0.5, 0.6) is 6.01 Å². The first-order valence-corrected chi connectivity index (χ1v) is 5.92. The Balaban J connectivity index is 1.60. The molecule has 1 N–H and O–H groups in total. The highest BCUT2D eigenvalue weighted by molar-refractivity contribution is 5.83. The molecule has 3 fully saturated rings. The fourth-order valence-electron chi connectivity index (χ4n) is 2.90. The summed E-state index contributed by atoms with van der Waals surface area (Å²) in [5.74, 6) is 0.664. The molecule has 0 saturated heterocycles. The van der Waals surface area contributed by atoms with Crippen molar-refractivity contribution in [2.45, 2.75) is 19.3 Å². The lowest BCUT2D eigenvalue weighted by Crippen LogP contribution is -2.58. The minimum atomic E-state index is -0.163. The van der Waals surface area contributed by atoms with E-state index in [1.807, 2.05) is 24.3 Å². The molecule has 86 valence electrons. The predicted octanol–water partition coefficient (Wildman–Crippen LogP) is 2.27. The number of rotatable bonds is 2. The molecule has 3 aliphatic rings. The van der Waals surface area contributed by atoms with Crippen molar-refractivity contribution >= 4 is 17.0 Å². The fraction of sp³-hybridized carbons (Fsp3) is 0.385. The summed E-state index contributed by atoms with van der Waals surface area (Å²) in [6, 6.07) is 7.97. The van der Waals surface area contributed by atoms with Crippen LogP contribution in [-0.2, 0) is 4.79 Å². The van der Waals surface area contributed by atoms with E-state index in [1.54, 1.807) is 0 Å². The minimum Gasteiger partial charge on any atom is -0.392 e. The van der Waals surface area contributed by atoms with Crippen molar-refractivity contribution in [3.05, 3.63) is 24.3 Å². The number of hydrogen-bond donors (Lipinski definition) is 1. The molecule has 0 amide bonds. The lowest BCUT2D eigenvalue weighted by Gasteiger charge is -2.58. The highest BCUT2D eigenvalue weighted by Gasteiger charge is 2.62. The van der Waals surface area contributed by atoms with Gasteiger partial charge in [-0.1, -0.05) is 12.1 Å². The molecular weight excluding hydrogens is 216 g/mol. The molecule has 3 saturated carbocycles. The maximum Gasteiger partial charge on any atom is 0.319 e. The van der Waals surface area contributed by atoms with E-state index in [0.717, 1.165) is 36.2 Å². The first-order valence-electron chi connectivity index (χ1n) is 5.92. The van der Waals surface area contributed by atoms with Gasteiger partial charge in [-0.2, -0.15) is 4.98 Å². The van der Waals surface area contributed by atoms with Gasteiger partial charge in [0.25, 0.3) is 0 Å². The Morgan fingerprint density at radius 3 is 2.76 bits per heavy atom. The van der Waals surface area contributed by atoms with Crippen LogP contribution < -0.4 is 4.74 Å². The number of hydrogen-bond acceptors (Lipinski definition) is 3. The molecule has 0 spiro atoms. The summed E-state index contributed by atoms with van der Waals surface area (Å²) < 4.78 is 5.34. The summed E-state index contributed by atoms with van der Waals surface area (Å²) in [5, 5.41) is 0. The third-order valence-electron chi connectivity index (χ3n) is 4.03. The van der Waals surface area contributed by atoms with Crippen molar-refractivity contribution < 1.29 is 9.53 Å². The van der Waals surface area contributed by atoms with Crippen LogP contribution in [0.2, 0.25) is 0 Å². The highest BCUT2D eigenvalue weighted by Crippen LogP contribution is 2.64. The van der Waals surface area contributed by atoms with Crippen LogP contribution in [-0.4, -0.2) is 15.9 Å². The van der Waals surface area contributed by atoms with Gasteiger partial charge < -0.3 is 9.72 Å². The van der Waals surface area contributed by atoms with Crippen LogP contribution in [0, 0.1) is 11.3 Å². The van der Waals surface area contributed by atoms with Crippen LogP contribution in [0.3, 0.4) is 0 Å². The highest BCUT2D eigenvalue weighted by atomic mass is 16.6. The van der Waals surface area contributed by atoms with Gasteiger partial charge in [-0.15, -0.1) is 0 Å². The number of aromatic nitrogens is 2. The summed E-state index contributed by atoms with van der Waals surface area (Å²) in [5.41, 5.74) is 1.56. The second kappa shape index (κ2) is 2.88. The number of carbonyl (C=O) groups excluding carboxylic acids is 1. The van der Waals surface area contributed by atoms with E-state index in [4.69, 9.17) is 4.74 Å². The number of ether oxygens (including phenoxy) is 1. The zero-order chi connectivity index (χ0) is 11.5. The molecule has 4 heteroatoms. The second-order valence-electron chi connectivity index (χ2n) is 5.21. The Hall–Kier alpha value is -1.84. The van der Waals surface area contributed by atoms with Crippen molar-refractivity contribution in [3.63, 3.8) is 0 Å². The molecule has 1 aromatic heterocycles. The lowest BCUT2D eigenvalue weighted by molar-refractivity contribution is -0.181. The van der Waals surface area contributed by atoms with E-state index in [2.05, 4.69) is 9.97 Å². The van der Waals surface area contributed by atoms with Crippen molar-refractivity contribution in [3.8, 4) is 6.01 Å². The predicted molar refractivity (Wildman–Crippen MR) is 61.5 cm³/mol. The number of nitrogens with zero attached hydrogens (tertiary/aromatic N) is 1. The smallest absolute Gasteiger partial charge is 0.319 e. The van der Waals surface area contributed by atoms with Gasteiger partial charge in [-0.05, 0) is 37.3 Å². The number of benzene rings is 1. The maximum absolute atomic E-state index is 11.9. The molecular formula is C13H12N2O2. The quantitative estimate of drug-likeness (QED) is 0.802. The van der Waals surface area contributed by atoms with Crippen LogP contribution in [0.1, 0.15) is 19.3 Å². The minimum absolute atomic E-state index is 0.112. The van der Waals surface area contributed by atoms with E-state index >= 15 is 0 Å². The van der Waals surface area contributed by atoms with Gasteiger partial charge in [0.1, 0.15) is 0 Å². The van der Waals surface area contributed by atoms with Crippen molar-refractivity contribution in [2.75, 3.05) is 0 Å². The number of para-hydroxylation sites is 2. The van der Waals surface area contributed by atoms with Gasteiger partial charge in [0, 0.05) is 0 Å². The van der Waals surface area contributed by atoms with Gasteiger partial charge in [0.2, 0.25) is 0 Å². The third kappa shape index (κ3) is 1.18. The number of aromatic amines is 1. The molecule has 2 bridgehead atoms. The molecule has 1 heterocycles.